The zero-order valence-electron chi connectivity index (χ0n) is 7.54. The molecule has 1 saturated carbocycles. The van der Waals surface area contributed by atoms with E-state index in [0.29, 0.717) is 5.92 Å². The molecule has 1 aromatic carbocycles. The third kappa shape index (κ3) is 1.89. The SMILES string of the molecule is NCCC1CC1c1ccc(F)cc1. The van der Waals surface area contributed by atoms with E-state index in [1.54, 1.807) is 0 Å². The molecule has 1 fully saturated rings. The van der Waals surface area contributed by atoms with E-state index in [-0.39, 0.29) is 5.82 Å². The van der Waals surface area contributed by atoms with Crippen LogP contribution < -0.4 is 5.73 Å². The highest BCUT2D eigenvalue weighted by Gasteiger charge is 2.36. The zero-order chi connectivity index (χ0) is 9.26. The van der Waals surface area contributed by atoms with E-state index in [1.165, 1.54) is 24.1 Å². The van der Waals surface area contributed by atoms with Crippen molar-refractivity contribution in [1.82, 2.24) is 0 Å². The van der Waals surface area contributed by atoms with Crippen LogP contribution in [0.4, 0.5) is 4.39 Å². The second-order valence-electron chi connectivity index (χ2n) is 3.73. The summed E-state index contributed by atoms with van der Waals surface area (Å²) in [5, 5.41) is 0. The summed E-state index contributed by atoms with van der Waals surface area (Å²) in [4.78, 5) is 0. The second-order valence-corrected chi connectivity index (χ2v) is 3.73. The van der Waals surface area contributed by atoms with E-state index >= 15 is 0 Å². The molecule has 2 atom stereocenters. The Hall–Kier alpha value is -0.890. The van der Waals surface area contributed by atoms with Crippen LogP contribution in [0.1, 0.15) is 24.3 Å². The van der Waals surface area contributed by atoms with Gasteiger partial charge < -0.3 is 5.73 Å². The molecule has 2 N–H and O–H groups in total. The summed E-state index contributed by atoms with van der Waals surface area (Å²) in [5.74, 6) is 1.24. The Morgan fingerprint density at radius 1 is 1.31 bits per heavy atom. The highest BCUT2D eigenvalue weighted by molar-refractivity contribution is 5.26. The summed E-state index contributed by atoms with van der Waals surface area (Å²) in [6, 6.07) is 6.84. The molecule has 13 heavy (non-hydrogen) atoms. The monoisotopic (exact) mass is 179 g/mol. The van der Waals surface area contributed by atoms with E-state index in [1.807, 2.05) is 12.1 Å². The van der Waals surface area contributed by atoms with Crippen LogP contribution >= 0.6 is 0 Å². The Bertz CT molecular complexity index is 281. The van der Waals surface area contributed by atoms with Crippen molar-refractivity contribution in [2.75, 3.05) is 6.54 Å². The third-order valence-corrected chi connectivity index (χ3v) is 2.76. The Kier molecular flexibility index (Phi) is 2.32. The van der Waals surface area contributed by atoms with Crippen molar-refractivity contribution in [1.29, 1.82) is 0 Å². The fourth-order valence-electron chi connectivity index (χ4n) is 1.90. The third-order valence-electron chi connectivity index (χ3n) is 2.76. The van der Waals surface area contributed by atoms with Gasteiger partial charge in [-0.05, 0) is 48.9 Å². The molecule has 0 amide bonds. The maximum absolute atomic E-state index is 12.6. The Morgan fingerprint density at radius 3 is 2.62 bits per heavy atom. The van der Waals surface area contributed by atoms with Gasteiger partial charge in [0.05, 0.1) is 0 Å². The van der Waals surface area contributed by atoms with Gasteiger partial charge in [-0.2, -0.15) is 0 Å². The van der Waals surface area contributed by atoms with Crippen LogP contribution in [0.15, 0.2) is 24.3 Å². The molecule has 0 radical (unpaired) electrons. The molecule has 0 heterocycles. The minimum atomic E-state index is -0.153. The van der Waals surface area contributed by atoms with Crippen molar-refractivity contribution in [3.63, 3.8) is 0 Å². The standard InChI is InChI=1S/C11H14FN/c12-10-3-1-8(2-4-10)11-7-9(11)5-6-13/h1-4,9,11H,5-7,13H2. The highest BCUT2D eigenvalue weighted by atomic mass is 19.1. The molecule has 0 saturated heterocycles. The summed E-state index contributed by atoms with van der Waals surface area (Å²) < 4.78 is 12.6. The molecular formula is C11H14FN. The molecule has 1 aliphatic rings. The fraction of sp³-hybridized carbons (Fsp3) is 0.455. The van der Waals surface area contributed by atoms with Crippen LogP contribution in [-0.2, 0) is 0 Å². The van der Waals surface area contributed by atoms with Crippen LogP contribution in [-0.4, -0.2) is 6.54 Å². The van der Waals surface area contributed by atoms with Gasteiger partial charge in [-0.25, -0.2) is 4.39 Å². The van der Waals surface area contributed by atoms with Crippen LogP contribution in [0.2, 0.25) is 0 Å². The first kappa shape index (κ1) is 8.70. The second kappa shape index (κ2) is 3.46. The molecule has 2 rings (SSSR count). The largest absolute Gasteiger partial charge is 0.330 e. The Morgan fingerprint density at radius 2 is 2.00 bits per heavy atom. The van der Waals surface area contributed by atoms with E-state index < -0.39 is 0 Å². The van der Waals surface area contributed by atoms with Gasteiger partial charge in [0, 0.05) is 0 Å². The molecule has 1 aromatic rings. The number of benzene rings is 1. The normalized spacial score (nSPS) is 26.0. The van der Waals surface area contributed by atoms with Gasteiger partial charge in [-0.1, -0.05) is 12.1 Å². The van der Waals surface area contributed by atoms with E-state index in [9.17, 15) is 4.39 Å². The van der Waals surface area contributed by atoms with E-state index in [2.05, 4.69) is 0 Å². The summed E-state index contributed by atoms with van der Waals surface area (Å²) in [5.41, 5.74) is 6.74. The molecule has 70 valence electrons. The van der Waals surface area contributed by atoms with Crippen LogP contribution in [0, 0.1) is 11.7 Å². The molecule has 0 aliphatic heterocycles. The minimum absolute atomic E-state index is 0.153. The number of nitrogens with two attached hydrogens (primary N) is 1. The average molecular weight is 179 g/mol. The number of rotatable bonds is 3. The van der Waals surface area contributed by atoms with Crippen LogP contribution in [0.5, 0.6) is 0 Å². The first-order chi connectivity index (χ1) is 6.31. The van der Waals surface area contributed by atoms with Gasteiger partial charge in [-0.3, -0.25) is 0 Å². The van der Waals surface area contributed by atoms with Crippen molar-refractivity contribution < 1.29 is 4.39 Å². The van der Waals surface area contributed by atoms with Crippen molar-refractivity contribution >= 4 is 0 Å². The maximum atomic E-state index is 12.6. The van der Waals surface area contributed by atoms with Crippen molar-refractivity contribution in [2.24, 2.45) is 11.7 Å². The lowest BCUT2D eigenvalue weighted by Gasteiger charge is -1.98. The van der Waals surface area contributed by atoms with Gasteiger partial charge in [0.2, 0.25) is 0 Å². The van der Waals surface area contributed by atoms with Crippen molar-refractivity contribution in [3.8, 4) is 0 Å². The molecule has 1 nitrogen and oxygen atoms in total. The summed E-state index contributed by atoms with van der Waals surface area (Å²) >= 11 is 0. The maximum Gasteiger partial charge on any atom is 0.123 e. The lowest BCUT2D eigenvalue weighted by Crippen LogP contribution is -1.99. The zero-order valence-corrected chi connectivity index (χ0v) is 7.54. The van der Waals surface area contributed by atoms with Gasteiger partial charge in [0.1, 0.15) is 5.82 Å². The van der Waals surface area contributed by atoms with Crippen LogP contribution in [0.25, 0.3) is 0 Å². The molecule has 0 spiro atoms. The minimum Gasteiger partial charge on any atom is -0.330 e. The Labute approximate surface area is 77.8 Å². The lowest BCUT2D eigenvalue weighted by molar-refractivity contribution is 0.626. The molecular weight excluding hydrogens is 165 g/mol. The smallest absolute Gasteiger partial charge is 0.123 e. The first-order valence-electron chi connectivity index (χ1n) is 4.77. The summed E-state index contributed by atoms with van der Waals surface area (Å²) in [6.45, 7) is 0.766. The number of hydrogen-bond donors (Lipinski definition) is 1. The van der Waals surface area contributed by atoms with Gasteiger partial charge in [-0.15, -0.1) is 0 Å². The lowest BCUT2D eigenvalue weighted by atomic mass is 10.1. The predicted molar refractivity (Wildman–Crippen MR) is 50.9 cm³/mol. The molecule has 0 aromatic heterocycles. The molecule has 0 bridgehead atoms. The number of hydrogen-bond acceptors (Lipinski definition) is 1. The summed E-state index contributed by atoms with van der Waals surface area (Å²) in [6.07, 6.45) is 2.32. The van der Waals surface area contributed by atoms with Gasteiger partial charge >= 0.3 is 0 Å². The molecule has 1 aliphatic carbocycles. The van der Waals surface area contributed by atoms with E-state index in [0.717, 1.165) is 18.9 Å². The van der Waals surface area contributed by atoms with Crippen molar-refractivity contribution in [2.45, 2.75) is 18.8 Å². The average Bonchev–Trinajstić information content (AvgIpc) is 2.86. The van der Waals surface area contributed by atoms with E-state index in [4.69, 9.17) is 5.73 Å². The van der Waals surface area contributed by atoms with Gasteiger partial charge in [0.25, 0.3) is 0 Å². The highest BCUT2D eigenvalue weighted by Crippen LogP contribution is 2.49. The molecule has 2 unspecified atom stereocenters. The first-order valence-corrected chi connectivity index (χ1v) is 4.77. The quantitative estimate of drug-likeness (QED) is 0.756. The fourth-order valence-corrected chi connectivity index (χ4v) is 1.90. The van der Waals surface area contributed by atoms with Gasteiger partial charge in [0.15, 0.2) is 0 Å². The van der Waals surface area contributed by atoms with Crippen molar-refractivity contribution in [3.05, 3.63) is 35.6 Å². The number of halogens is 1. The molecule has 2 heteroatoms. The predicted octanol–water partition coefficient (Wildman–Crippen LogP) is 2.28. The Balaban J connectivity index is 2.00. The topological polar surface area (TPSA) is 26.0 Å². The summed E-state index contributed by atoms with van der Waals surface area (Å²) in [7, 11) is 0. The van der Waals surface area contributed by atoms with Crippen LogP contribution in [0.3, 0.4) is 0 Å².